The summed E-state index contributed by atoms with van der Waals surface area (Å²) in [6.45, 7) is 2.28. The largest absolute Gasteiger partial charge is 0.0773 e. The molecule has 2 rings (SSSR count). The molecule has 0 aromatic heterocycles. The van der Waals surface area contributed by atoms with Crippen LogP contribution in [0.1, 0.15) is 26.2 Å². The van der Waals surface area contributed by atoms with Crippen molar-refractivity contribution in [1.82, 2.24) is 0 Å². The van der Waals surface area contributed by atoms with Gasteiger partial charge in [0.05, 0.1) is 0 Å². The molecule has 0 heterocycles. The quantitative estimate of drug-likeness (QED) is 0.621. The summed E-state index contributed by atoms with van der Waals surface area (Å²) in [7, 11) is 0. The van der Waals surface area contributed by atoms with Crippen molar-refractivity contribution in [2.24, 2.45) is 17.8 Å². The lowest BCUT2D eigenvalue weighted by Gasteiger charge is -2.25. The van der Waals surface area contributed by atoms with E-state index in [4.69, 9.17) is 0 Å². The molecule has 0 N–H and O–H groups in total. The van der Waals surface area contributed by atoms with E-state index in [1.165, 1.54) is 19.3 Å². The fraction of sp³-hybridized carbons (Fsp3) is 0.467. The Morgan fingerprint density at radius 3 is 1.73 bits per heavy atom. The second-order valence-electron chi connectivity index (χ2n) is 4.50. The molecule has 0 saturated heterocycles. The summed E-state index contributed by atoms with van der Waals surface area (Å²) in [5, 5.41) is 0. The maximum atomic E-state index is 2.35. The van der Waals surface area contributed by atoms with Gasteiger partial charge in [-0.1, -0.05) is 68.4 Å². The van der Waals surface area contributed by atoms with Gasteiger partial charge < -0.3 is 0 Å². The van der Waals surface area contributed by atoms with E-state index in [-0.39, 0.29) is 0 Å². The average molecular weight is 200 g/mol. The highest BCUT2D eigenvalue weighted by molar-refractivity contribution is 5.24. The molecule has 0 nitrogen and oxygen atoms in total. The summed E-state index contributed by atoms with van der Waals surface area (Å²) in [5.74, 6) is 2.10. The van der Waals surface area contributed by atoms with Crippen LogP contribution in [0.4, 0.5) is 0 Å². The van der Waals surface area contributed by atoms with E-state index in [0.29, 0.717) is 11.8 Å². The number of hydrogen-bond donors (Lipinski definition) is 0. The fourth-order valence-electron chi connectivity index (χ4n) is 2.55. The third-order valence-corrected chi connectivity index (χ3v) is 3.44. The summed E-state index contributed by atoms with van der Waals surface area (Å²) in [4.78, 5) is 0. The molecule has 80 valence electrons. The summed E-state index contributed by atoms with van der Waals surface area (Å²) in [6.07, 6.45) is 22.1. The molecule has 0 heteroatoms. The number of hydrogen-bond acceptors (Lipinski definition) is 0. The maximum Gasteiger partial charge on any atom is -0.00103 e. The molecule has 15 heavy (non-hydrogen) atoms. The van der Waals surface area contributed by atoms with Gasteiger partial charge in [0, 0.05) is 0 Å². The topological polar surface area (TPSA) is 0 Å². The third-order valence-electron chi connectivity index (χ3n) is 3.44. The zero-order chi connectivity index (χ0) is 10.5. The van der Waals surface area contributed by atoms with Crippen LogP contribution in [0, 0.1) is 17.8 Å². The van der Waals surface area contributed by atoms with E-state index in [0.717, 1.165) is 5.92 Å². The molecule has 2 aliphatic carbocycles. The summed E-state index contributed by atoms with van der Waals surface area (Å²) in [5.41, 5.74) is 0. The first kappa shape index (κ1) is 10.5. The van der Waals surface area contributed by atoms with Crippen LogP contribution in [-0.2, 0) is 0 Å². The normalized spacial score (nSPS) is 20.1. The predicted octanol–water partition coefficient (Wildman–Crippen LogP) is 4.28. The minimum atomic E-state index is 0.661. The van der Waals surface area contributed by atoms with E-state index in [1.807, 2.05) is 0 Å². The lowest BCUT2D eigenvalue weighted by atomic mass is 9.79. The molecule has 0 unspecified atom stereocenters. The Hall–Kier alpha value is -1.04. The molecule has 0 aromatic carbocycles. The van der Waals surface area contributed by atoms with Gasteiger partial charge in [0.2, 0.25) is 0 Å². The summed E-state index contributed by atoms with van der Waals surface area (Å²) < 4.78 is 0. The molecule has 0 aromatic rings. The zero-order valence-electron chi connectivity index (χ0n) is 9.47. The molecule has 2 aliphatic rings. The first-order valence-corrected chi connectivity index (χ1v) is 6.12. The van der Waals surface area contributed by atoms with Crippen LogP contribution in [0.25, 0.3) is 0 Å². The molecule has 0 bridgehead atoms. The van der Waals surface area contributed by atoms with Crippen molar-refractivity contribution in [1.29, 1.82) is 0 Å². The Morgan fingerprint density at radius 2 is 1.33 bits per heavy atom. The van der Waals surface area contributed by atoms with Crippen molar-refractivity contribution in [3.63, 3.8) is 0 Å². The van der Waals surface area contributed by atoms with Gasteiger partial charge in [-0.2, -0.15) is 0 Å². The van der Waals surface area contributed by atoms with E-state index in [1.54, 1.807) is 0 Å². The van der Waals surface area contributed by atoms with Crippen molar-refractivity contribution in [2.75, 3.05) is 0 Å². The third kappa shape index (κ3) is 2.50. The summed E-state index contributed by atoms with van der Waals surface area (Å²) >= 11 is 0. The van der Waals surface area contributed by atoms with Crippen LogP contribution in [-0.4, -0.2) is 0 Å². The van der Waals surface area contributed by atoms with Crippen LogP contribution in [0.5, 0.6) is 0 Å². The molecular weight excluding hydrogens is 180 g/mol. The molecule has 0 radical (unpaired) electrons. The molecule has 0 spiro atoms. The molecule has 0 aliphatic heterocycles. The number of unbranched alkanes of at least 4 members (excludes halogenated alkanes) is 1. The Morgan fingerprint density at radius 1 is 0.867 bits per heavy atom. The summed E-state index contributed by atoms with van der Waals surface area (Å²) in [6, 6.07) is 0. The van der Waals surface area contributed by atoms with Crippen molar-refractivity contribution in [2.45, 2.75) is 26.2 Å². The lowest BCUT2D eigenvalue weighted by molar-refractivity contribution is 0.358. The molecule has 0 fully saturated rings. The van der Waals surface area contributed by atoms with Crippen LogP contribution in [0.2, 0.25) is 0 Å². The second-order valence-corrected chi connectivity index (χ2v) is 4.50. The highest BCUT2D eigenvalue weighted by Gasteiger charge is 2.24. The molecule has 0 saturated carbocycles. The van der Waals surface area contributed by atoms with Gasteiger partial charge in [-0.05, 0) is 24.2 Å². The second kappa shape index (κ2) is 5.16. The minimum Gasteiger partial charge on any atom is -0.0773 e. The maximum absolute atomic E-state index is 2.35. The zero-order valence-corrected chi connectivity index (χ0v) is 9.47. The van der Waals surface area contributed by atoms with Gasteiger partial charge in [0.1, 0.15) is 0 Å². The Kier molecular flexibility index (Phi) is 3.60. The fourth-order valence-corrected chi connectivity index (χ4v) is 2.55. The highest BCUT2D eigenvalue weighted by atomic mass is 14.3. The molecular formula is C15H20. The van der Waals surface area contributed by atoms with Gasteiger partial charge in [-0.3, -0.25) is 0 Å². The van der Waals surface area contributed by atoms with Gasteiger partial charge >= 0.3 is 0 Å². The van der Waals surface area contributed by atoms with Crippen LogP contribution in [0.3, 0.4) is 0 Å². The van der Waals surface area contributed by atoms with Gasteiger partial charge in [-0.15, -0.1) is 0 Å². The standard InChI is InChI=1S/C15H20/c1-2-3-12-15(13-8-4-5-9-13)14-10-6-7-11-14/h4-11,13-15H,2-3,12H2,1H3. The lowest BCUT2D eigenvalue weighted by Crippen LogP contribution is -2.17. The Balaban J connectivity index is 2.01. The van der Waals surface area contributed by atoms with Gasteiger partial charge in [0.15, 0.2) is 0 Å². The van der Waals surface area contributed by atoms with Gasteiger partial charge in [0.25, 0.3) is 0 Å². The van der Waals surface area contributed by atoms with Crippen molar-refractivity contribution >= 4 is 0 Å². The van der Waals surface area contributed by atoms with Crippen LogP contribution < -0.4 is 0 Å². The average Bonchev–Trinajstić information content (AvgIpc) is 2.90. The number of rotatable bonds is 5. The van der Waals surface area contributed by atoms with Crippen molar-refractivity contribution < 1.29 is 0 Å². The van der Waals surface area contributed by atoms with E-state index in [2.05, 4.69) is 55.5 Å². The number of allylic oxidation sites excluding steroid dienone is 8. The molecule has 0 atom stereocenters. The molecule has 0 amide bonds. The van der Waals surface area contributed by atoms with E-state index in [9.17, 15) is 0 Å². The Labute approximate surface area is 93.1 Å². The van der Waals surface area contributed by atoms with Gasteiger partial charge in [-0.25, -0.2) is 0 Å². The van der Waals surface area contributed by atoms with E-state index >= 15 is 0 Å². The van der Waals surface area contributed by atoms with Crippen LogP contribution >= 0.6 is 0 Å². The van der Waals surface area contributed by atoms with Crippen LogP contribution in [0.15, 0.2) is 48.6 Å². The van der Waals surface area contributed by atoms with E-state index < -0.39 is 0 Å². The predicted molar refractivity (Wildman–Crippen MR) is 66.6 cm³/mol. The highest BCUT2D eigenvalue weighted by Crippen LogP contribution is 2.34. The van der Waals surface area contributed by atoms with Crippen molar-refractivity contribution in [3.8, 4) is 0 Å². The SMILES string of the molecule is CCCCC(C1C=CC=C1)C1C=CC=C1. The smallest absolute Gasteiger partial charge is 0.00103 e. The first-order valence-electron chi connectivity index (χ1n) is 6.12. The Bertz CT molecular complexity index is 252. The first-order chi connectivity index (χ1) is 7.42. The van der Waals surface area contributed by atoms with Crippen molar-refractivity contribution in [3.05, 3.63) is 48.6 Å². The minimum absolute atomic E-state index is 0.661. The monoisotopic (exact) mass is 200 g/mol.